The lowest BCUT2D eigenvalue weighted by molar-refractivity contribution is 0.185. The first kappa shape index (κ1) is 14.9. The smallest absolute Gasteiger partial charge is 0.149 e. The highest BCUT2D eigenvalue weighted by Crippen LogP contribution is 2.24. The number of hydrogen-bond donors (Lipinski definition) is 1. The minimum Gasteiger partial charge on any atom is -0.380 e. The maximum absolute atomic E-state index is 13.6. The highest BCUT2D eigenvalue weighted by molar-refractivity contribution is 9.10. The van der Waals surface area contributed by atoms with Crippen molar-refractivity contribution < 1.29 is 13.5 Å². The fraction of sp³-hybridized carbons (Fsp3) is 0.200. The van der Waals surface area contributed by atoms with Crippen molar-refractivity contribution in [2.24, 2.45) is 0 Å². The molecule has 0 spiro atoms. The van der Waals surface area contributed by atoms with Crippen molar-refractivity contribution in [3.8, 4) is 0 Å². The summed E-state index contributed by atoms with van der Waals surface area (Å²) in [6, 6.07) is 10.0. The molecule has 0 fully saturated rings. The number of nitrogens with one attached hydrogen (secondary N) is 1. The topological polar surface area (TPSA) is 21.3 Å². The van der Waals surface area contributed by atoms with Crippen LogP contribution < -0.4 is 5.32 Å². The molecule has 0 atom stereocenters. The number of methoxy groups -OCH3 is 1. The Bertz CT molecular complexity index is 587. The molecule has 0 saturated carbocycles. The van der Waals surface area contributed by atoms with Crippen molar-refractivity contribution in [2.75, 3.05) is 12.4 Å². The molecule has 1 N–H and O–H groups in total. The third kappa shape index (κ3) is 3.77. The minimum absolute atomic E-state index is 0.233. The van der Waals surface area contributed by atoms with E-state index in [1.807, 2.05) is 24.3 Å². The van der Waals surface area contributed by atoms with Crippen LogP contribution in [0.15, 0.2) is 40.9 Å². The monoisotopic (exact) mass is 341 g/mol. The van der Waals surface area contributed by atoms with Gasteiger partial charge in [0.15, 0.2) is 0 Å². The van der Waals surface area contributed by atoms with Crippen LogP contribution in [0.5, 0.6) is 0 Å². The Morgan fingerprint density at radius 2 is 1.70 bits per heavy atom. The van der Waals surface area contributed by atoms with Gasteiger partial charge in [-0.05, 0) is 33.1 Å². The Hall–Kier alpha value is -1.46. The second kappa shape index (κ2) is 6.81. The number of anilines is 1. The van der Waals surface area contributed by atoms with E-state index in [9.17, 15) is 8.78 Å². The molecule has 0 saturated heterocycles. The Balaban J connectivity index is 2.03. The molecule has 20 heavy (non-hydrogen) atoms. The van der Waals surface area contributed by atoms with E-state index in [1.165, 1.54) is 6.07 Å². The van der Waals surface area contributed by atoms with Gasteiger partial charge in [-0.2, -0.15) is 0 Å². The highest BCUT2D eigenvalue weighted by atomic mass is 79.9. The largest absolute Gasteiger partial charge is 0.380 e. The third-order valence-electron chi connectivity index (χ3n) is 2.83. The predicted octanol–water partition coefficient (Wildman–Crippen LogP) is 4.49. The van der Waals surface area contributed by atoms with E-state index in [2.05, 4.69) is 21.2 Å². The highest BCUT2D eigenvalue weighted by Gasteiger charge is 2.07. The van der Waals surface area contributed by atoms with E-state index >= 15 is 0 Å². The van der Waals surface area contributed by atoms with Gasteiger partial charge < -0.3 is 10.1 Å². The van der Waals surface area contributed by atoms with E-state index in [4.69, 9.17) is 4.74 Å². The van der Waals surface area contributed by atoms with Gasteiger partial charge in [0.05, 0.1) is 16.8 Å². The minimum atomic E-state index is -0.614. The Labute approximate surface area is 124 Å². The number of rotatable bonds is 5. The summed E-state index contributed by atoms with van der Waals surface area (Å²) in [5.74, 6) is -1.22. The van der Waals surface area contributed by atoms with Crippen LogP contribution >= 0.6 is 15.9 Å². The SMILES string of the molecule is COCc1ccc(CNc2cc(Br)c(F)cc2F)cc1. The Morgan fingerprint density at radius 3 is 2.35 bits per heavy atom. The van der Waals surface area contributed by atoms with Crippen molar-refractivity contribution in [1.29, 1.82) is 0 Å². The van der Waals surface area contributed by atoms with Crippen LogP contribution in [-0.4, -0.2) is 7.11 Å². The third-order valence-corrected chi connectivity index (χ3v) is 3.43. The second-order valence-electron chi connectivity index (χ2n) is 4.35. The van der Waals surface area contributed by atoms with Gasteiger partial charge in [0.1, 0.15) is 11.6 Å². The zero-order valence-electron chi connectivity index (χ0n) is 10.9. The molecule has 0 aliphatic heterocycles. The van der Waals surface area contributed by atoms with E-state index in [-0.39, 0.29) is 10.2 Å². The van der Waals surface area contributed by atoms with Gasteiger partial charge >= 0.3 is 0 Å². The Morgan fingerprint density at radius 1 is 1.05 bits per heavy atom. The first-order valence-electron chi connectivity index (χ1n) is 6.05. The van der Waals surface area contributed by atoms with Crippen LogP contribution in [0.3, 0.4) is 0 Å². The van der Waals surface area contributed by atoms with Crippen LogP contribution in [0, 0.1) is 11.6 Å². The van der Waals surface area contributed by atoms with Gasteiger partial charge in [-0.3, -0.25) is 0 Å². The van der Waals surface area contributed by atoms with Crippen LogP contribution in [0.4, 0.5) is 14.5 Å². The van der Waals surface area contributed by atoms with E-state index in [0.717, 1.165) is 17.2 Å². The van der Waals surface area contributed by atoms with Crippen LogP contribution in [0.2, 0.25) is 0 Å². The summed E-state index contributed by atoms with van der Waals surface area (Å²) in [5, 5.41) is 2.95. The van der Waals surface area contributed by atoms with Gasteiger partial charge in [-0.1, -0.05) is 24.3 Å². The van der Waals surface area contributed by atoms with E-state index in [1.54, 1.807) is 7.11 Å². The lowest BCUT2D eigenvalue weighted by Gasteiger charge is -2.09. The number of halogens is 3. The van der Waals surface area contributed by atoms with Gasteiger partial charge in [-0.25, -0.2) is 8.78 Å². The number of benzene rings is 2. The van der Waals surface area contributed by atoms with Crippen LogP contribution in [-0.2, 0) is 17.9 Å². The molecule has 0 aromatic heterocycles. The number of ether oxygens (including phenoxy) is 1. The van der Waals surface area contributed by atoms with Gasteiger partial charge in [-0.15, -0.1) is 0 Å². The molecule has 0 amide bonds. The Kier molecular flexibility index (Phi) is 5.09. The molecule has 2 rings (SSSR count). The van der Waals surface area contributed by atoms with Crippen molar-refractivity contribution >= 4 is 21.6 Å². The van der Waals surface area contributed by atoms with E-state index < -0.39 is 11.6 Å². The second-order valence-corrected chi connectivity index (χ2v) is 5.20. The summed E-state index contributed by atoms with van der Waals surface area (Å²) < 4.78 is 31.9. The van der Waals surface area contributed by atoms with E-state index in [0.29, 0.717) is 13.2 Å². The lowest BCUT2D eigenvalue weighted by Crippen LogP contribution is -2.02. The molecule has 2 aromatic rings. The molecule has 106 valence electrons. The molecule has 2 nitrogen and oxygen atoms in total. The molecular formula is C15H14BrF2NO. The standard InChI is InChI=1S/C15H14BrF2NO/c1-20-9-11-4-2-10(3-5-11)8-19-15-6-12(16)13(17)7-14(15)18/h2-7,19H,8-9H2,1H3. The summed E-state index contributed by atoms with van der Waals surface area (Å²) in [6.07, 6.45) is 0. The molecule has 2 aromatic carbocycles. The van der Waals surface area contributed by atoms with Gasteiger partial charge in [0.2, 0.25) is 0 Å². The summed E-state index contributed by atoms with van der Waals surface area (Å²) in [5.41, 5.74) is 2.34. The molecule has 0 aliphatic rings. The summed E-state index contributed by atoms with van der Waals surface area (Å²) >= 11 is 3.04. The van der Waals surface area contributed by atoms with Crippen molar-refractivity contribution in [3.05, 3.63) is 63.6 Å². The molecular weight excluding hydrogens is 328 g/mol. The lowest BCUT2D eigenvalue weighted by atomic mass is 10.1. The fourth-order valence-corrected chi connectivity index (χ4v) is 2.12. The molecule has 0 unspecified atom stereocenters. The molecule has 0 bridgehead atoms. The average molecular weight is 342 g/mol. The van der Waals surface area contributed by atoms with Gasteiger partial charge in [0.25, 0.3) is 0 Å². The summed E-state index contributed by atoms with van der Waals surface area (Å²) in [4.78, 5) is 0. The molecule has 5 heteroatoms. The van der Waals surface area contributed by atoms with Crippen molar-refractivity contribution in [3.63, 3.8) is 0 Å². The molecule has 0 radical (unpaired) electrons. The first-order valence-corrected chi connectivity index (χ1v) is 6.84. The number of hydrogen-bond acceptors (Lipinski definition) is 2. The van der Waals surface area contributed by atoms with Crippen LogP contribution in [0.1, 0.15) is 11.1 Å². The van der Waals surface area contributed by atoms with Crippen LogP contribution in [0.25, 0.3) is 0 Å². The summed E-state index contributed by atoms with van der Waals surface area (Å²) in [6.45, 7) is 1.02. The zero-order valence-corrected chi connectivity index (χ0v) is 12.5. The maximum Gasteiger partial charge on any atom is 0.149 e. The molecule has 0 heterocycles. The van der Waals surface area contributed by atoms with Crippen molar-refractivity contribution in [2.45, 2.75) is 13.2 Å². The first-order chi connectivity index (χ1) is 9.60. The zero-order chi connectivity index (χ0) is 14.5. The quantitative estimate of drug-likeness (QED) is 0.809. The maximum atomic E-state index is 13.6. The van der Waals surface area contributed by atoms with Crippen molar-refractivity contribution in [1.82, 2.24) is 0 Å². The fourth-order valence-electron chi connectivity index (χ4n) is 1.78. The predicted molar refractivity (Wildman–Crippen MR) is 78.5 cm³/mol. The normalized spacial score (nSPS) is 10.6. The van der Waals surface area contributed by atoms with Gasteiger partial charge in [0, 0.05) is 19.7 Å². The molecule has 0 aliphatic carbocycles. The summed E-state index contributed by atoms with van der Waals surface area (Å²) in [7, 11) is 1.64. The average Bonchev–Trinajstić information content (AvgIpc) is 2.43.